The van der Waals surface area contributed by atoms with Gasteiger partial charge < -0.3 is 20.3 Å². The minimum atomic E-state index is -0.890. The number of nitrogens with two attached hydrogens (primary N) is 1. The smallest absolute Gasteiger partial charge is 0.258 e. The van der Waals surface area contributed by atoms with Crippen molar-refractivity contribution in [3.63, 3.8) is 0 Å². The van der Waals surface area contributed by atoms with Gasteiger partial charge in [-0.25, -0.2) is 4.39 Å². The van der Waals surface area contributed by atoms with Gasteiger partial charge in [0.15, 0.2) is 0 Å². The van der Waals surface area contributed by atoms with Crippen molar-refractivity contribution in [1.82, 2.24) is 9.80 Å². The number of rotatable bonds is 2. The quantitative estimate of drug-likeness (QED) is 0.851. The topological polar surface area (TPSA) is 75.9 Å². The molecule has 1 aromatic carbocycles. The molecule has 6 nitrogen and oxygen atoms in total. The fraction of sp³-hybridized carbons (Fsp3) is 0.529. The average Bonchev–Trinajstić information content (AvgIpc) is 2.61. The predicted molar refractivity (Wildman–Crippen MR) is 90.9 cm³/mol. The minimum absolute atomic E-state index is 0.0895. The molecular weight excluding hydrogens is 349 g/mol. The Morgan fingerprint density at radius 3 is 2.32 bits per heavy atom. The summed E-state index contributed by atoms with van der Waals surface area (Å²) < 4.78 is 19.2. The molecule has 0 bridgehead atoms. The van der Waals surface area contributed by atoms with E-state index in [4.69, 9.17) is 22.1 Å². The summed E-state index contributed by atoms with van der Waals surface area (Å²) >= 11 is 5.96. The number of nitrogens with zero attached hydrogens (tertiary/aromatic N) is 2. The monoisotopic (exact) mass is 369 g/mol. The molecule has 2 N–H and O–H groups in total. The van der Waals surface area contributed by atoms with E-state index in [-0.39, 0.29) is 16.5 Å². The maximum atomic E-state index is 13.9. The highest BCUT2D eigenvalue weighted by Gasteiger charge is 2.40. The molecule has 2 aliphatic heterocycles. The van der Waals surface area contributed by atoms with Gasteiger partial charge in [-0.2, -0.15) is 0 Å². The highest BCUT2D eigenvalue weighted by atomic mass is 35.5. The standard InChI is InChI=1S/C17H21ClFN3O3/c18-12-2-1-3-13(19)14(12)15(23)21-6-8-22(9-7-21)16(24)17(20)4-10-25-11-5-17/h1-3H,4-11,20H2. The SMILES string of the molecule is NC1(C(=O)N2CCN(C(=O)c3c(F)cccc3Cl)CC2)CCOCC1. The van der Waals surface area contributed by atoms with Crippen LogP contribution in [0, 0.1) is 5.82 Å². The van der Waals surface area contributed by atoms with Crippen molar-refractivity contribution in [2.45, 2.75) is 18.4 Å². The molecule has 3 rings (SSSR count). The van der Waals surface area contributed by atoms with E-state index in [0.717, 1.165) is 0 Å². The Kier molecular flexibility index (Phi) is 5.27. The molecule has 0 atom stereocenters. The second-order valence-corrected chi connectivity index (χ2v) is 6.86. The van der Waals surface area contributed by atoms with Gasteiger partial charge in [-0.3, -0.25) is 9.59 Å². The van der Waals surface area contributed by atoms with Crippen LogP contribution >= 0.6 is 11.6 Å². The van der Waals surface area contributed by atoms with Crippen molar-refractivity contribution in [3.05, 3.63) is 34.6 Å². The number of carbonyl (C=O) groups excluding carboxylic acids is 2. The molecule has 0 saturated carbocycles. The number of hydrogen-bond donors (Lipinski definition) is 1. The summed E-state index contributed by atoms with van der Waals surface area (Å²) in [5, 5.41) is 0.0895. The Hall–Kier alpha value is -1.70. The second-order valence-electron chi connectivity index (χ2n) is 6.45. The van der Waals surface area contributed by atoms with Gasteiger partial charge in [-0.15, -0.1) is 0 Å². The summed E-state index contributed by atoms with van der Waals surface area (Å²) in [4.78, 5) is 28.4. The summed E-state index contributed by atoms with van der Waals surface area (Å²) in [6.45, 7) is 2.34. The summed E-state index contributed by atoms with van der Waals surface area (Å²) in [7, 11) is 0. The van der Waals surface area contributed by atoms with Crippen LogP contribution in [0.4, 0.5) is 4.39 Å². The molecule has 0 radical (unpaired) electrons. The summed E-state index contributed by atoms with van der Waals surface area (Å²) in [6, 6.07) is 4.16. The van der Waals surface area contributed by atoms with Crippen LogP contribution in [0.2, 0.25) is 5.02 Å². The summed E-state index contributed by atoms with van der Waals surface area (Å²) in [5.74, 6) is -1.20. The lowest BCUT2D eigenvalue weighted by molar-refractivity contribution is -0.142. The van der Waals surface area contributed by atoms with Crippen molar-refractivity contribution >= 4 is 23.4 Å². The Bertz CT molecular complexity index is 651. The molecule has 25 heavy (non-hydrogen) atoms. The van der Waals surface area contributed by atoms with Gasteiger partial charge in [0.25, 0.3) is 5.91 Å². The highest BCUT2D eigenvalue weighted by Crippen LogP contribution is 2.24. The third-order valence-electron chi connectivity index (χ3n) is 4.84. The molecule has 1 aromatic rings. The van der Waals surface area contributed by atoms with E-state index in [1.54, 1.807) is 4.90 Å². The van der Waals surface area contributed by atoms with E-state index in [1.807, 2.05) is 0 Å². The maximum Gasteiger partial charge on any atom is 0.258 e. The third kappa shape index (κ3) is 3.63. The van der Waals surface area contributed by atoms with E-state index in [2.05, 4.69) is 0 Å². The van der Waals surface area contributed by atoms with Crippen LogP contribution in [-0.4, -0.2) is 66.5 Å². The van der Waals surface area contributed by atoms with Crippen molar-refractivity contribution < 1.29 is 18.7 Å². The van der Waals surface area contributed by atoms with Crippen molar-refractivity contribution in [1.29, 1.82) is 0 Å². The molecule has 0 aromatic heterocycles. The van der Waals surface area contributed by atoms with Crippen molar-refractivity contribution in [2.75, 3.05) is 39.4 Å². The van der Waals surface area contributed by atoms with Crippen LogP contribution in [0.15, 0.2) is 18.2 Å². The van der Waals surface area contributed by atoms with E-state index in [1.165, 1.54) is 23.1 Å². The fourth-order valence-corrected chi connectivity index (χ4v) is 3.48. The third-order valence-corrected chi connectivity index (χ3v) is 5.16. The highest BCUT2D eigenvalue weighted by molar-refractivity contribution is 6.33. The zero-order valence-corrected chi connectivity index (χ0v) is 14.6. The first-order valence-electron chi connectivity index (χ1n) is 8.32. The molecule has 0 aliphatic carbocycles. The summed E-state index contributed by atoms with van der Waals surface area (Å²) in [5.41, 5.74) is 5.23. The lowest BCUT2D eigenvalue weighted by Crippen LogP contribution is -2.61. The number of carbonyl (C=O) groups is 2. The molecule has 0 unspecified atom stereocenters. The van der Waals surface area contributed by atoms with Crippen LogP contribution in [0.3, 0.4) is 0 Å². The number of ether oxygens (including phenoxy) is 1. The number of hydrogen-bond acceptors (Lipinski definition) is 4. The first-order chi connectivity index (χ1) is 11.9. The number of halogens is 2. The van der Waals surface area contributed by atoms with E-state index < -0.39 is 17.3 Å². The van der Waals surface area contributed by atoms with E-state index in [0.29, 0.717) is 52.2 Å². The van der Waals surface area contributed by atoms with E-state index in [9.17, 15) is 14.0 Å². The molecule has 0 spiro atoms. The number of benzene rings is 1. The molecule has 2 saturated heterocycles. The van der Waals surface area contributed by atoms with Crippen LogP contribution in [0.5, 0.6) is 0 Å². The Labute approximate surface area is 150 Å². The van der Waals surface area contributed by atoms with Crippen molar-refractivity contribution in [3.8, 4) is 0 Å². The minimum Gasteiger partial charge on any atom is -0.381 e. The lowest BCUT2D eigenvalue weighted by Gasteiger charge is -2.41. The predicted octanol–water partition coefficient (Wildman–Crippen LogP) is 1.27. The zero-order valence-electron chi connectivity index (χ0n) is 13.8. The van der Waals surface area contributed by atoms with Crippen LogP contribution in [0.25, 0.3) is 0 Å². The summed E-state index contributed by atoms with van der Waals surface area (Å²) in [6.07, 6.45) is 0.992. The molecule has 2 heterocycles. The Morgan fingerprint density at radius 2 is 1.72 bits per heavy atom. The first kappa shape index (κ1) is 18.1. The van der Waals surface area contributed by atoms with Crippen LogP contribution in [-0.2, 0) is 9.53 Å². The molecule has 2 amide bonds. The normalized spacial score (nSPS) is 20.4. The molecule has 2 aliphatic rings. The Balaban J connectivity index is 1.64. The van der Waals surface area contributed by atoms with Gasteiger partial charge in [0.05, 0.1) is 16.1 Å². The lowest BCUT2D eigenvalue weighted by atomic mass is 9.89. The maximum absolute atomic E-state index is 13.9. The number of piperazine rings is 1. The molecular formula is C17H21ClFN3O3. The average molecular weight is 370 g/mol. The van der Waals surface area contributed by atoms with Crippen LogP contribution in [0.1, 0.15) is 23.2 Å². The second kappa shape index (κ2) is 7.27. The van der Waals surface area contributed by atoms with Gasteiger partial charge in [0.1, 0.15) is 5.82 Å². The van der Waals surface area contributed by atoms with Crippen molar-refractivity contribution in [2.24, 2.45) is 5.73 Å². The largest absolute Gasteiger partial charge is 0.381 e. The first-order valence-corrected chi connectivity index (χ1v) is 8.69. The van der Waals surface area contributed by atoms with Gasteiger partial charge in [0, 0.05) is 39.4 Å². The van der Waals surface area contributed by atoms with Gasteiger partial charge in [0.2, 0.25) is 5.91 Å². The van der Waals surface area contributed by atoms with Crippen LogP contribution < -0.4 is 5.73 Å². The Morgan fingerprint density at radius 1 is 1.12 bits per heavy atom. The van der Waals surface area contributed by atoms with E-state index >= 15 is 0 Å². The van der Waals surface area contributed by atoms with Gasteiger partial charge in [-0.1, -0.05) is 17.7 Å². The van der Waals surface area contributed by atoms with Gasteiger partial charge >= 0.3 is 0 Å². The molecule has 136 valence electrons. The molecule has 2 fully saturated rings. The van der Waals surface area contributed by atoms with Gasteiger partial charge in [-0.05, 0) is 25.0 Å². The molecule has 8 heteroatoms. The fourth-order valence-electron chi connectivity index (χ4n) is 3.24. The zero-order chi connectivity index (χ0) is 18.0. The number of amides is 2.